The van der Waals surface area contributed by atoms with E-state index < -0.39 is 5.97 Å². The zero-order chi connectivity index (χ0) is 19.8. The SMILES string of the molecule is CC1(C)CCC(C)(C)c2cc(CC(=O)Oc3ccc(C(=O)O)cc3)ccc21. The number of carbonyl (C=O) groups excluding carboxylic acids is 1. The highest BCUT2D eigenvalue weighted by Crippen LogP contribution is 2.45. The molecule has 0 saturated carbocycles. The average molecular weight is 366 g/mol. The van der Waals surface area contributed by atoms with Crippen LogP contribution in [0.25, 0.3) is 0 Å². The molecule has 27 heavy (non-hydrogen) atoms. The molecule has 0 aromatic heterocycles. The molecule has 2 aromatic rings. The molecule has 0 heterocycles. The van der Waals surface area contributed by atoms with Crippen LogP contribution in [0.3, 0.4) is 0 Å². The Balaban J connectivity index is 1.76. The van der Waals surface area contributed by atoms with Crippen molar-refractivity contribution in [3.63, 3.8) is 0 Å². The van der Waals surface area contributed by atoms with Crippen molar-refractivity contribution in [2.75, 3.05) is 0 Å². The van der Waals surface area contributed by atoms with Gasteiger partial charge >= 0.3 is 11.9 Å². The molecule has 0 unspecified atom stereocenters. The van der Waals surface area contributed by atoms with Crippen molar-refractivity contribution in [1.82, 2.24) is 0 Å². The smallest absolute Gasteiger partial charge is 0.335 e. The molecule has 0 aliphatic heterocycles. The van der Waals surface area contributed by atoms with Crippen LogP contribution in [0.5, 0.6) is 5.75 Å². The summed E-state index contributed by atoms with van der Waals surface area (Å²) in [5, 5.41) is 8.92. The first kappa shape index (κ1) is 19.2. The van der Waals surface area contributed by atoms with Gasteiger partial charge in [0.15, 0.2) is 0 Å². The second-order valence-corrected chi connectivity index (χ2v) is 8.63. The van der Waals surface area contributed by atoms with E-state index in [9.17, 15) is 9.59 Å². The van der Waals surface area contributed by atoms with Gasteiger partial charge in [0, 0.05) is 0 Å². The van der Waals surface area contributed by atoms with Crippen LogP contribution in [-0.4, -0.2) is 17.0 Å². The van der Waals surface area contributed by atoms with Gasteiger partial charge in [0.1, 0.15) is 5.75 Å². The summed E-state index contributed by atoms with van der Waals surface area (Å²) in [6.45, 7) is 9.06. The Hall–Kier alpha value is -2.62. The number of fused-ring (bicyclic) bond motifs is 1. The Labute approximate surface area is 160 Å². The van der Waals surface area contributed by atoms with Gasteiger partial charge in [-0.2, -0.15) is 0 Å². The Morgan fingerprint density at radius 2 is 1.52 bits per heavy atom. The number of esters is 1. The van der Waals surface area contributed by atoms with E-state index in [1.165, 1.54) is 35.4 Å². The standard InChI is InChI=1S/C23H26O4/c1-22(2)11-12-23(3,4)19-13-15(5-10-18(19)22)14-20(24)27-17-8-6-16(7-9-17)21(25)26/h5-10,13H,11-12,14H2,1-4H3,(H,25,26). The number of carbonyl (C=O) groups is 2. The van der Waals surface area contributed by atoms with Gasteiger partial charge in [-0.3, -0.25) is 4.79 Å². The van der Waals surface area contributed by atoms with Gasteiger partial charge in [-0.1, -0.05) is 45.9 Å². The van der Waals surface area contributed by atoms with Crippen molar-refractivity contribution in [1.29, 1.82) is 0 Å². The molecule has 4 nitrogen and oxygen atoms in total. The largest absolute Gasteiger partial charge is 0.478 e. The van der Waals surface area contributed by atoms with E-state index in [1.807, 2.05) is 6.07 Å². The van der Waals surface area contributed by atoms with Crippen LogP contribution < -0.4 is 4.74 Å². The minimum Gasteiger partial charge on any atom is -0.478 e. The van der Waals surface area contributed by atoms with E-state index in [0.29, 0.717) is 5.75 Å². The summed E-state index contributed by atoms with van der Waals surface area (Å²) in [5.41, 5.74) is 4.02. The van der Waals surface area contributed by atoms with Gasteiger partial charge in [-0.25, -0.2) is 4.79 Å². The molecule has 3 rings (SSSR count). The minimum absolute atomic E-state index is 0.0947. The summed E-state index contributed by atoms with van der Waals surface area (Å²) in [4.78, 5) is 23.2. The first-order valence-corrected chi connectivity index (χ1v) is 9.26. The van der Waals surface area contributed by atoms with Crippen LogP contribution in [0, 0.1) is 0 Å². The molecule has 0 amide bonds. The fraction of sp³-hybridized carbons (Fsp3) is 0.391. The summed E-state index contributed by atoms with van der Waals surface area (Å²) < 4.78 is 5.36. The van der Waals surface area contributed by atoms with Crippen LogP contribution >= 0.6 is 0 Å². The first-order valence-electron chi connectivity index (χ1n) is 9.26. The van der Waals surface area contributed by atoms with E-state index >= 15 is 0 Å². The lowest BCUT2D eigenvalue weighted by Crippen LogP contribution is -2.34. The molecule has 0 radical (unpaired) electrons. The number of ether oxygens (including phenoxy) is 1. The maximum Gasteiger partial charge on any atom is 0.335 e. The highest BCUT2D eigenvalue weighted by atomic mass is 16.5. The fourth-order valence-corrected chi connectivity index (χ4v) is 3.75. The van der Waals surface area contributed by atoms with Crippen molar-refractivity contribution in [3.8, 4) is 5.75 Å². The van der Waals surface area contributed by atoms with E-state index in [1.54, 1.807) is 0 Å². The van der Waals surface area contributed by atoms with Crippen LogP contribution in [0.15, 0.2) is 42.5 Å². The van der Waals surface area contributed by atoms with Gasteiger partial charge in [0.2, 0.25) is 0 Å². The lowest BCUT2D eigenvalue weighted by atomic mass is 9.63. The second kappa shape index (κ2) is 6.84. The molecule has 0 saturated heterocycles. The monoisotopic (exact) mass is 366 g/mol. The van der Waals surface area contributed by atoms with Gasteiger partial charge in [-0.15, -0.1) is 0 Å². The van der Waals surface area contributed by atoms with Crippen molar-refractivity contribution in [2.45, 2.75) is 57.8 Å². The molecule has 142 valence electrons. The molecule has 0 bridgehead atoms. The third-order valence-electron chi connectivity index (χ3n) is 5.60. The first-order chi connectivity index (χ1) is 12.6. The Morgan fingerprint density at radius 3 is 2.11 bits per heavy atom. The summed E-state index contributed by atoms with van der Waals surface area (Å²) in [6, 6.07) is 12.2. The lowest BCUT2D eigenvalue weighted by Gasteiger charge is -2.42. The molecular weight excluding hydrogens is 340 g/mol. The maximum absolute atomic E-state index is 12.3. The van der Waals surface area contributed by atoms with Gasteiger partial charge in [-0.05, 0) is 64.6 Å². The van der Waals surface area contributed by atoms with Gasteiger partial charge in [0.25, 0.3) is 0 Å². The van der Waals surface area contributed by atoms with Crippen LogP contribution in [0.4, 0.5) is 0 Å². The third-order valence-corrected chi connectivity index (χ3v) is 5.60. The van der Waals surface area contributed by atoms with Crippen LogP contribution in [0.1, 0.15) is 67.6 Å². The summed E-state index contributed by atoms with van der Waals surface area (Å²) in [6.07, 6.45) is 2.46. The summed E-state index contributed by atoms with van der Waals surface area (Å²) in [5.74, 6) is -1.01. The van der Waals surface area contributed by atoms with Crippen LogP contribution in [-0.2, 0) is 22.0 Å². The number of rotatable bonds is 4. The van der Waals surface area contributed by atoms with E-state index in [4.69, 9.17) is 9.84 Å². The topological polar surface area (TPSA) is 63.6 Å². The minimum atomic E-state index is -1.01. The summed E-state index contributed by atoms with van der Waals surface area (Å²) in [7, 11) is 0. The highest BCUT2D eigenvalue weighted by Gasteiger charge is 2.36. The lowest BCUT2D eigenvalue weighted by molar-refractivity contribution is -0.133. The molecular formula is C23H26O4. The Morgan fingerprint density at radius 1 is 0.926 bits per heavy atom. The quantitative estimate of drug-likeness (QED) is 0.619. The zero-order valence-electron chi connectivity index (χ0n) is 16.3. The highest BCUT2D eigenvalue weighted by molar-refractivity contribution is 5.87. The molecule has 4 heteroatoms. The molecule has 1 aliphatic carbocycles. The zero-order valence-corrected chi connectivity index (χ0v) is 16.3. The predicted octanol–water partition coefficient (Wildman–Crippen LogP) is 4.88. The average Bonchev–Trinajstić information content (AvgIpc) is 2.59. The van der Waals surface area contributed by atoms with E-state index in [2.05, 4.69) is 39.8 Å². The van der Waals surface area contributed by atoms with Crippen molar-refractivity contribution in [3.05, 3.63) is 64.7 Å². The molecule has 1 N–H and O–H groups in total. The second-order valence-electron chi connectivity index (χ2n) is 8.63. The number of benzene rings is 2. The molecule has 1 aliphatic rings. The molecule has 0 atom stereocenters. The number of hydrogen-bond donors (Lipinski definition) is 1. The predicted molar refractivity (Wildman–Crippen MR) is 104 cm³/mol. The molecule has 2 aromatic carbocycles. The summed E-state index contributed by atoms with van der Waals surface area (Å²) >= 11 is 0. The molecule has 0 spiro atoms. The number of carboxylic acids is 1. The van der Waals surface area contributed by atoms with Crippen molar-refractivity contribution in [2.24, 2.45) is 0 Å². The number of carboxylic acid groups (broad SMARTS) is 1. The fourth-order valence-electron chi connectivity index (χ4n) is 3.75. The van der Waals surface area contributed by atoms with Gasteiger partial charge in [0.05, 0.1) is 12.0 Å². The maximum atomic E-state index is 12.3. The van der Waals surface area contributed by atoms with Gasteiger partial charge < -0.3 is 9.84 Å². The Kier molecular flexibility index (Phi) is 4.85. The van der Waals surface area contributed by atoms with E-state index in [-0.39, 0.29) is 28.8 Å². The third kappa shape index (κ3) is 4.05. The Bertz CT molecular complexity index is 876. The van der Waals surface area contributed by atoms with Crippen molar-refractivity contribution < 1.29 is 19.4 Å². The van der Waals surface area contributed by atoms with Crippen molar-refractivity contribution >= 4 is 11.9 Å². The van der Waals surface area contributed by atoms with E-state index in [0.717, 1.165) is 18.4 Å². The van der Waals surface area contributed by atoms with Crippen LogP contribution in [0.2, 0.25) is 0 Å². The number of aromatic carboxylic acids is 1. The normalized spacial score (nSPS) is 17.0. The number of hydrogen-bond acceptors (Lipinski definition) is 3. The molecule has 0 fully saturated rings.